The molecule has 1 aliphatic rings. The third-order valence-electron chi connectivity index (χ3n) is 1.92. The molecule has 0 saturated heterocycles. The zero-order valence-corrected chi connectivity index (χ0v) is 10.1. The Balaban J connectivity index is 2.84. The molecule has 15 heavy (non-hydrogen) atoms. The molecule has 0 fully saturated rings. The Morgan fingerprint density at radius 3 is 2.47 bits per heavy atom. The van der Waals surface area contributed by atoms with E-state index < -0.39 is 0 Å². The Morgan fingerprint density at radius 1 is 1.53 bits per heavy atom. The number of carbonyl (C=O) groups is 2. The van der Waals surface area contributed by atoms with Crippen LogP contribution in [0.25, 0.3) is 0 Å². The van der Waals surface area contributed by atoms with Crippen LogP contribution >= 0.6 is 11.8 Å². The SMILES string of the molecule is CC(=O)NN(C(C)=O)N1C(C)=CSC1C. The van der Waals surface area contributed by atoms with Gasteiger partial charge in [-0.25, -0.2) is 5.43 Å². The van der Waals surface area contributed by atoms with E-state index in [1.54, 1.807) is 16.8 Å². The second-order valence-corrected chi connectivity index (χ2v) is 4.53. The van der Waals surface area contributed by atoms with Crippen molar-refractivity contribution in [2.45, 2.75) is 33.1 Å². The van der Waals surface area contributed by atoms with E-state index >= 15 is 0 Å². The van der Waals surface area contributed by atoms with Crippen LogP contribution in [-0.2, 0) is 9.59 Å². The zero-order valence-electron chi connectivity index (χ0n) is 9.27. The van der Waals surface area contributed by atoms with Crippen molar-refractivity contribution in [3.8, 4) is 0 Å². The number of nitrogens with zero attached hydrogens (tertiary/aromatic N) is 2. The van der Waals surface area contributed by atoms with Crippen molar-refractivity contribution < 1.29 is 9.59 Å². The highest BCUT2D eigenvalue weighted by Crippen LogP contribution is 2.30. The van der Waals surface area contributed by atoms with Crippen molar-refractivity contribution in [3.05, 3.63) is 11.1 Å². The van der Waals surface area contributed by atoms with E-state index in [0.717, 1.165) is 5.70 Å². The molecule has 1 unspecified atom stereocenters. The second kappa shape index (κ2) is 4.57. The molecule has 0 aromatic rings. The molecular formula is C9H15N3O2S. The predicted molar refractivity (Wildman–Crippen MR) is 59.0 cm³/mol. The van der Waals surface area contributed by atoms with Gasteiger partial charge in [0.15, 0.2) is 0 Å². The fraction of sp³-hybridized carbons (Fsp3) is 0.556. The van der Waals surface area contributed by atoms with Gasteiger partial charge in [0, 0.05) is 19.5 Å². The first-order chi connectivity index (χ1) is 6.93. The molecular weight excluding hydrogens is 214 g/mol. The number of hydrogen-bond donors (Lipinski definition) is 1. The Morgan fingerprint density at radius 2 is 2.13 bits per heavy atom. The first-order valence-corrected chi connectivity index (χ1v) is 5.57. The fourth-order valence-electron chi connectivity index (χ4n) is 1.35. The number of rotatable bonds is 1. The number of amides is 2. The Hall–Kier alpha value is -1.17. The number of carbonyl (C=O) groups excluding carboxylic acids is 2. The minimum Gasteiger partial charge on any atom is -0.274 e. The van der Waals surface area contributed by atoms with E-state index in [4.69, 9.17) is 0 Å². The summed E-state index contributed by atoms with van der Waals surface area (Å²) >= 11 is 1.60. The summed E-state index contributed by atoms with van der Waals surface area (Å²) in [7, 11) is 0. The van der Waals surface area contributed by atoms with Gasteiger partial charge in [-0.2, -0.15) is 5.12 Å². The molecule has 84 valence electrons. The first kappa shape index (κ1) is 11.9. The monoisotopic (exact) mass is 229 g/mol. The average molecular weight is 229 g/mol. The predicted octanol–water partition coefficient (Wildman–Crippen LogP) is 1.06. The Bertz CT molecular complexity index is 316. The molecule has 0 radical (unpaired) electrons. The Kier molecular flexibility index (Phi) is 3.62. The third kappa shape index (κ3) is 2.65. The van der Waals surface area contributed by atoms with Crippen LogP contribution in [0.5, 0.6) is 0 Å². The van der Waals surface area contributed by atoms with E-state index in [0.29, 0.717) is 0 Å². The number of nitrogens with one attached hydrogen (secondary N) is 1. The molecule has 5 nitrogen and oxygen atoms in total. The third-order valence-corrected chi connectivity index (χ3v) is 2.99. The van der Waals surface area contributed by atoms with Crippen molar-refractivity contribution in [1.29, 1.82) is 0 Å². The van der Waals surface area contributed by atoms with Crippen LogP contribution in [0, 0.1) is 0 Å². The van der Waals surface area contributed by atoms with Gasteiger partial charge in [-0.3, -0.25) is 14.6 Å². The average Bonchev–Trinajstić information content (AvgIpc) is 2.42. The maximum Gasteiger partial charge on any atom is 0.257 e. The minimum absolute atomic E-state index is 0.112. The summed E-state index contributed by atoms with van der Waals surface area (Å²) in [4.78, 5) is 22.4. The number of allylic oxidation sites excluding steroid dienone is 1. The summed E-state index contributed by atoms with van der Waals surface area (Å²) in [5.74, 6) is -0.477. The highest BCUT2D eigenvalue weighted by molar-refractivity contribution is 8.02. The van der Waals surface area contributed by atoms with Crippen molar-refractivity contribution in [3.63, 3.8) is 0 Å². The van der Waals surface area contributed by atoms with E-state index in [1.165, 1.54) is 19.0 Å². The highest BCUT2D eigenvalue weighted by atomic mass is 32.2. The van der Waals surface area contributed by atoms with E-state index in [-0.39, 0.29) is 17.2 Å². The van der Waals surface area contributed by atoms with Crippen LogP contribution < -0.4 is 5.43 Å². The normalized spacial score (nSPS) is 19.9. The van der Waals surface area contributed by atoms with Crippen LogP contribution in [0.2, 0.25) is 0 Å². The van der Waals surface area contributed by atoms with Gasteiger partial charge in [0.25, 0.3) is 5.91 Å². The van der Waals surface area contributed by atoms with Gasteiger partial charge in [0.05, 0.1) is 5.37 Å². The summed E-state index contributed by atoms with van der Waals surface area (Å²) in [6.07, 6.45) is 0. The molecule has 0 aliphatic carbocycles. The van der Waals surface area contributed by atoms with Gasteiger partial charge >= 0.3 is 0 Å². The largest absolute Gasteiger partial charge is 0.274 e. The topological polar surface area (TPSA) is 52.7 Å². The van der Waals surface area contributed by atoms with Gasteiger partial charge in [-0.15, -0.1) is 11.8 Å². The molecule has 1 atom stereocenters. The molecule has 2 amide bonds. The van der Waals surface area contributed by atoms with E-state index in [2.05, 4.69) is 5.43 Å². The number of thioether (sulfide) groups is 1. The molecule has 1 rings (SSSR count). The quantitative estimate of drug-likeness (QED) is 0.683. The lowest BCUT2D eigenvalue weighted by atomic mass is 10.5. The molecule has 0 aromatic carbocycles. The smallest absolute Gasteiger partial charge is 0.257 e. The molecule has 0 bridgehead atoms. The molecule has 0 aromatic heterocycles. The second-order valence-electron chi connectivity index (χ2n) is 3.34. The first-order valence-electron chi connectivity index (χ1n) is 4.62. The standard InChI is InChI=1S/C9H15N3O2S/c1-6-5-15-9(4)11(6)12(8(3)14)10-7(2)13/h5,9H,1-4H3,(H,10,13). The van der Waals surface area contributed by atoms with Crippen LogP contribution in [0.3, 0.4) is 0 Å². The lowest BCUT2D eigenvalue weighted by molar-refractivity contribution is -0.157. The van der Waals surface area contributed by atoms with Crippen molar-refractivity contribution in [2.24, 2.45) is 0 Å². The van der Waals surface area contributed by atoms with E-state index in [9.17, 15) is 9.59 Å². The minimum atomic E-state index is -0.262. The molecule has 0 saturated carbocycles. The van der Waals surface area contributed by atoms with Gasteiger partial charge in [-0.05, 0) is 19.3 Å². The summed E-state index contributed by atoms with van der Waals surface area (Å²) in [6.45, 7) is 6.66. The maximum absolute atomic E-state index is 11.4. The molecule has 0 spiro atoms. The van der Waals surface area contributed by atoms with Crippen molar-refractivity contribution in [2.75, 3.05) is 0 Å². The van der Waals surface area contributed by atoms with Gasteiger partial charge < -0.3 is 0 Å². The van der Waals surface area contributed by atoms with Crippen LogP contribution in [0.1, 0.15) is 27.7 Å². The fourth-order valence-corrected chi connectivity index (χ4v) is 2.23. The van der Waals surface area contributed by atoms with Crippen LogP contribution in [0.4, 0.5) is 0 Å². The zero-order chi connectivity index (χ0) is 11.6. The summed E-state index contributed by atoms with van der Waals surface area (Å²) in [6, 6.07) is 0. The van der Waals surface area contributed by atoms with Gasteiger partial charge in [0.2, 0.25) is 5.91 Å². The van der Waals surface area contributed by atoms with Gasteiger partial charge in [0.1, 0.15) is 0 Å². The van der Waals surface area contributed by atoms with Crippen molar-refractivity contribution >= 4 is 23.6 Å². The van der Waals surface area contributed by atoms with E-state index in [1.807, 2.05) is 19.3 Å². The van der Waals surface area contributed by atoms with Crippen molar-refractivity contribution in [1.82, 2.24) is 15.6 Å². The summed E-state index contributed by atoms with van der Waals surface area (Å²) in [5, 5.41) is 5.08. The van der Waals surface area contributed by atoms with Crippen LogP contribution in [-0.4, -0.2) is 27.3 Å². The lowest BCUT2D eigenvalue weighted by Crippen LogP contribution is -2.55. The number of hydrazine groups is 2. The molecule has 1 N–H and O–H groups in total. The van der Waals surface area contributed by atoms with Gasteiger partial charge in [-0.1, -0.05) is 0 Å². The molecule has 1 aliphatic heterocycles. The summed E-state index contributed by atoms with van der Waals surface area (Å²) < 4.78 is 0. The maximum atomic E-state index is 11.4. The molecule has 1 heterocycles. The molecule has 6 heteroatoms. The lowest BCUT2D eigenvalue weighted by Gasteiger charge is -2.35. The Labute approximate surface area is 93.4 Å². The summed E-state index contributed by atoms with van der Waals surface area (Å²) in [5.41, 5.74) is 3.44. The number of hydrogen-bond acceptors (Lipinski definition) is 4. The highest BCUT2D eigenvalue weighted by Gasteiger charge is 2.28. The van der Waals surface area contributed by atoms with Crippen LogP contribution in [0.15, 0.2) is 11.1 Å².